The molecule has 0 bridgehead atoms. The fourth-order valence-electron chi connectivity index (χ4n) is 1.59. The third-order valence-corrected chi connectivity index (χ3v) is 3.36. The minimum Gasteiger partial charge on any atom is -0.308 e. The molecular weight excluding hydrogens is 204 g/mol. The smallest absolute Gasteiger partial charge is 0.110 e. The van der Waals surface area contributed by atoms with E-state index in [-0.39, 0.29) is 0 Å². The van der Waals surface area contributed by atoms with Crippen LogP contribution in [0.15, 0.2) is 5.38 Å². The van der Waals surface area contributed by atoms with Gasteiger partial charge >= 0.3 is 0 Å². The van der Waals surface area contributed by atoms with Crippen LogP contribution in [0.2, 0.25) is 0 Å². The molecule has 1 aromatic rings. The Morgan fingerprint density at radius 2 is 2.20 bits per heavy atom. The van der Waals surface area contributed by atoms with Crippen molar-refractivity contribution in [1.29, 1.82) is 0 Å². The molecule has 0 spiro atoms. The van der Waals surface area contributed by atoms with Crippen LogP contribution in [0.4, 0.5) is 0 Å². The van der Waals surface area contributed by atoms with E-state index in [0.29, 0.717) is 12.0 Å². The van der Waals surface area contributed by atoms with Crippen LogP contribution in [0.5, 0.6) is 0 Å². The summed E-state index contributed by atoms with van der Waals surface area (Å²) in [6.45, 7) is 9.87. The summed E-state index contributed by atoms with van der Waals surface area (Å²) in [5.74, 6) is 0.712. The van der Waals surface area contributed by atoms with E-state index in [4.69, 9.17) is 0 Å². The van der Waals surface area contributed by atoms with Gasteiger partial charge in [0.15, 0.2) is 0 Å². The third kappa shape index (κ3) is 4.31. The minimum atomic E-state index is 0.448. The van der Waals surface area contributed by atoms with Gasteiger partial charge < -0.3 is 5.32 Å². The Morgan fingerprint density at radius 3 is 2.67 bits per heavy atom. The monoisotopic (exact) mass is 226 g/mol. The molecule has 86 valence electrons. The van der Waals surface area contributed by atoms with E-state index in [2.05, 4.69) is 43.4 Å². The van der Waals surface area contributed by atoms with E-state index >= 15 is 0 Å². The predicted molar refractivity (Wildman–Crippen MR) is 67.3 cm³/mol. The quantitative estimate of drug-likeness (QED) is 0.802. The number of hydrogen-bond acceptors (Lipinski definition) is 3. The molecule has 0 aliphatic heterocycles. The van der Waals surface area contributed by atoms with Crippen molar-refractivity contribution in [2.45, 2.75) is 46.6 Å². The summed E-state index contributed by atoms with van der Waals surface area (Å²) >= 11 is 1.78. The van der Waals surface area contributed by atoms with E-state index < -0.39 is 0 Å². The largest absolute Gasteiger partial charge is 0.308 e. The molecule has 0 amide bonds. The maximum absolute atomic E-state index is 4.57. The molecule has 1 N–H and O–H groups in total. The second kappa shape index (κ2) is 6.23. The van der Waals surface area contributed by atoms with Gasteiger partial charge in [0.25, 0.3) is 0 Å². The summed E-state index contributed by atoms with van der Waals surface area (Å²) in [5, 5.41) is 6.96. The molecule has 1 aromatic heterocycles. The Labute approximate surface area is 97.1 Å². The second-order valence-corrected chi connectivity index (χ2v) is 5.35. The van der Waals surface area contributed by atoms with Crippen LogP contribution < -0.4 is 5.32 Å². The van der Waals surface area contributed by atoms with Gasteiger partial charge in [-0.05, 0) is 32.2 Å². The van der Waals surface area contributed by atoms with Crippen molar-refractivity contribution in [3.05, 3.63) is 16.1 Å². The number of aromatic nitrogens is 1. The maximum atomic E-state index is 4.57. The number of nitrogens with one attached hydrogen (secondary N) is 1. The van der Waals surface area contributed by atoms with Crippen LogP contribution in [-0.4, -0.2) is 11.5 Å². The molecule has 2 nitrogen and oxygen atoms in total. The topological polar surface area (TPSA) is 24.9 Å². The summed E-state index contributed by atoms with van der Waals surface area (Å²) in [4.78, 5) is 4.57. The molecule has 0 aliphatic rings. The lowest BCUT2D eigenvalue weighted by Gasteiger charge is -2.18. The first-order valence-corrected chi connectivity index (χ1v) is 6.66. The fourth-order valence-corrected chi connectivity index (χ4v) is 2.48. The molecule has 1 rings (SSSR count). The standard InChI is InChI=1S/C12H22N2S/c1-5-6-13-11(7-9(2)3)12-14-10(4)8-15-12/h8-9,11,13H,5-7H2,1-4H3. The van der Waals surface area contributed by atoms with Crippen LogP contribution in [0.3, 0.4) is 0 Å². The predicted octanol–water partition coefficient (Wildman–Crippen LogP) is 3.54. The highest BCUT2D eigenvalue weighted by Gasteiger charge is 2.15. The summed E-state index contributed by atoms with van der Waals surface area (Å²) < 4.78 is 0. The first-order valence-electron chi connectivity index (χ1n) is 5.78. The highest BCUT2D eigenvalue weighted by atomic mass is 32.1. The first-order chi connectivity index (χ1) is 7.13. The number of hydrogen-bond donors (Lipinski definition) is 1. The van der Waals surface area contributed by atoms with Crippen molar-refractivity contribution < 1.29 is 0 Å². The van der Waals surface area contributed by atoms with E-state index in [1.54, 1.807) is 11.3 Å². The van der Waals surface area contributed by atoms with Gasteiger partial charge in [-0.15, -0.1) is 11.3 Å². The van der Waals surface area contributed by atoms with E-state index in [1.165, 1.54) is 17.8 Å². The minimum absolute atomic E-state index is 0.448. The highest BCUT2D eigenvalue weighted by Crippen LogP contribution is 2.24. The molecule has 1 heterocycles. The summed E-state index contributed by atoms with van der Waals surface area (Å²) in [6, 6.07) is 0.448. The van der Waals surface area contributed by atoms with E-state index in [1.807, 2.05) is 0 Å². The molecule has 0 radical (unpaired) electrons. The van der Waals surface area contributed by atoms with Crippen molar-refractivity contribution in [2.75, 3.05) is 6.54 Å². The van der Waals surface area contributed by atoms with E-state index in [9.17, 15) is 0 Å². The van der Waals surface area contributed by atoms with Gasteiger partial charge in [-0.3, -0.25) is 0 Å². The molecule has 0 aromatic carbocycles. The molecule has 1 atom stereocenters. The zero-order valence-electron chi connectivity index (χ0n) is 10.2. The summed E-state index contributed by atoms with van der Waals surface area (Å²) in [5.41, 5.74) is 1.14. The summed E-state index contributed by atoms with van der Waals surface area (Å²) in [6.07, 6.45) is 2.35. The molecule has 0 saturated carbocycles. The van der Waals surface area contributed by atoms with Crippen molar-refractivity contribution in [3.8, 4) is 0 Å². The molecule has 15 heavy (non-hydrogen) atoms. The molecule has 1 unspecified atom stereocenters. The lowest BCUT2D eigenvalue weighted by Crippen LogP contribution is -2.23. The first kappa shape index (κ1) is 12.7. The fraction of sp³-hybridized carbons (Fsp3) is 0.750. The molecule has 3 heteroatoms. The lowest BCUT2D eigenvalue weighted by atomic mass is 10.0. The average molecular weight is 226 g/mol. The summed E-state index contributed by atoms with van der Waals surface area (Å²) in [7, 11) is 0. The van der Waals surface area contributed by atoms with Crippen LogP contribution in [-0.2, 0) is 0 Å². The van der Waals surface area contributed by atoms with Crippen LogP contribution >= 0.6 is 11.3 Å². The van der Waals surface area contributed by atoms with Crippen LogP contribution in [0.25, 0.3) is 0 Å². The Balaban J connectivity index is 2.62. The van der Waals surface area contributed by atoms with Gasteiger partial charge in [0.1, 0.15) is 5.01 Å². The zero-order chi connectivity index (χ0) is 11.3. The number of nitrogens with zero attached hydrogens (tertiary/aromatic N) is 1. The number of rotatable bonds is 6. The maximum Gasteiger partial charge on any atom is 0.110 e. The number of aryl methyl sites for hydroxylation is 1. The van der Waals surface area contributed by atoms with Gasteiger partial charge in [-0.25, -0.2) is 4.98 Å². The van der Waals surface area contributed by atoms with Crippen molar-refractivity contribution >= 4 is 11.3 Å². The van der Waals surface area contributed by atoms with Crippen molar-refractivity contribution in [1.82, 2.24) is 10.3 Å². The van der Waals surface area contributed by atoms with Gasteiger partial charge in [-0.1, -0.05) is 20.8 Å². The van der Waals surface area contributed by atoms with Crippen molar-refractivity contribution in [3.63, 3.8) is 0 Å². The Bertz CT molecular complexity index is 281. The normalized spacial score (nSPS) is 13.4. The van der Waals surface area contributed by atoms with Gasteiger partial charge in [0.05, 0.1) is 6.04 Å². The Morgan fingerprint density at radius 1 is 1.47 bits per heavy atom. The van der Waals surface area contributed by atoms with Crippen LogP contribution in [0, 0.1) is 12.8 Å². The molecule has 0 saturated heterocycles. The highest BCUT2D eigenvalue weighted by molar-refractivity contribution is 7.09. The van der Waals surface area contributed by atoms with E-state index in [0.717, 1.165) is 12.2 Å². The second-order valence-electron chi connectivity index (χ2n) is 4.46. The van der Waals surface area contributed by atoms with Gasteiger partial charge in [0, 0.05) is 11.1 Å². The van der Waals surface area contributed by atoms with Crippen molar-refractivity contribution in [2.24, 2.45) is 5.92 Å². The Hall–Kier alpha value is -0.410. The average Bonchev–Trinajstić information content (AvgIpc) is 2.58. The SMILES string of the molecule is CCCNC(CC(C)C)c1nc(C)cs1. The lowest BCUT2D eigenvalue weighted by molar-refractivity contribution is 0.428. The molecule has 0 aliphatic carbocycles. The number of thiazole rings is 1. The van der Waals surface area contributed by atoms with Gasteiger partial charge in [0.2, 0.25) is 0 Å². The molecule has 0 fully saturated rings. The third-order valence-electron chi connectivity index (χ3n) is 2.28. The molecular formula is C12H22N2S. The van der Waals surface area contributed by atoms with Crippen LogP contribution in [0.1, 0.15) is 50.4 Å². The zero-order valence-corrected chi connectivity index (χ0v) is 11.0. The van der Waals surface area contributed by atoms with Gasteiger partial charge in [-0.2, -0.15) is 0 Å². The Kier molecular flexibility index (Phi) is 5.26.